The molecule has 3 rings (SSSR count). The van der Waals surface area contributed by atoms with Crippen LogP contribution in [0.3, 0.4) is 0 Å². The van der Waals surface area contributed by atoms with E-state index in [0.29, 0.717) is 0 Å². The molecule has 3 heteroatoms. The van der Waals surface area contributed by atoms with E-state index in [0.717, 1.165) is 50.2 Å². The molecule has 20 heavy (non-hydrogen) atoms. The lowest BCUT2D eigenvalue weighted by Gasteiger charge is -2.37. The van der Waals surface area contributed by atoms with E-state index in [-0.39, 0.29) is 12.4 Å². The van der Waals surface area contributed by atoms with Crippen molar-refractivity contribution in [3.8, 4) is 0 Å². The van der Waals surface area contributed by atoms with Crippen molar-refractivity contribution in [2.75, 3.05) is 13.2 Å². The minimum absolute atomic E-state index is 0.00555. The van der Waals surface area contributed by atoms with Gasteiger partial charge in [0.2, 0.25) is 0 Å². The molecule has 0 unspecified atom stereocenters. The molecule has 0 aromatic heterocycles. The summed E-state index contributed by atoms with van der Waals surface area (Å²) in [5, 5.41) is 9.62. The Bertz CT molecular complexity index is 272. The third kappa shape index (κ3) is 3.96. The molecule has 3 aliphatic rings. The SMILES string of the molecule is O[C@H]1CC[C@H](C2CCC(CCC3OCCO3)CC2)CC1. The van der Waals surface area contributed by atoms with Gasteiger partial charge in [0.15, 0.2) is 6.29 Å². The lowest BCUT2D eigenvalue weighted by molar-refractivity contribution is -0.0514. The van der Waals surface area contributed by atoms with E-state index in [1.54, 1.807) is 0 Å². The Morgan fingerprint density at radius 2 is 1.25 bits per heavy atom. The van der Waals surface area contributed by atoms with Crippen LogP contribution < -0.4 is 0 Å². The van der Waals surface area contributed by atoms with Crippen LogP contribution in [-0.2, 0) is 9.47 Å². The summed E-state index contributed by atoms with van der Waals surface area (Å²) in [5.41, 5.74) is 0. The third-order valence-corrected chi connectivity index (χ3v) is 5.80. The van der Waals surface area contributed by atoms with Crippen LogP contribution in [0, 0.1) is 17.8 Å². The minimum atomic E-state index is -0.00555. The van der Waals surface area contributed by atoms with Crippen LogP contribution in [0.2, 0.25) is 0 Å². The summed E-state index contributed by atoms with van der Waals surface area (Å²) >= 11 is 0. The summed E-state index contributed by atoms with van der Waals surface area (Å²) in [6.07, 6.45) is 12.7. The largest absolute Gasteiger partial charge is 0.393 e. The molecule has 0 radical (unpaired) electrons. The van der Waals surface area contributed by atoms with Crippen molar-refractivity contribution in [1.82, 2.24) is 0 Å². The number of hydrogen-bond acceptors (Lipinski definition) is 3. The van der Waals surface area contributed by atoms with Gasteiger partial charge in [0.25, 0.3) is 0 Å². The Kier molecular flexibility index (Phi) is 5.36. The third-order valence-electron chi connectivity index (χ3n) is 5.80. The molecule has 1 aliphatic heterocycles. The second kappa shape index (κ2) is 7.24. The van der Waals surface area contributed by atoms with Crippen molar-refractivity contribution in [2.45, 2.75) is 76.6 Å². The van der Waals surface area contributed by atoms with Gasteiger partial charge in [-0.1, -0.05) is 12.8 Å². The monoisotopic (exact) mass is 282 g/mol. The zero-order chi connectivity index (χ0) is 13.8. The fourth-order valence-electron chi connectivity index (χ4n) is 4.47. The van der Waals surface area contributed by atoms with Gasteiger partial charge in [-0.25, -0.2) is 0 Å². The van der Waals surface area contributed by atoms with E-state index < -0.39 is 0 Å². The number of aliphatic hydroxyl groups is 1. The molecule has 0 atom stereocenters. The van der Waals surface area contributed by atoms with Gasteiger partial charge < -0.3 is 14.6 Å². The van der Waals surface area contributed by atoms with Crippen molar-refractivity contribution < 1.29 is 14.6 Å². The van der Waals surface area contributed by atoms with Gasteiger partial charge in [-0.15, -0.1) is 0 Å². The molecule has 0 amide bonds. The molecule has 2 saturated carbocycles. The van der Waals surface area contributed by atoms with Crippen LogP contribution in [0.4, 0.5) is 0 Å². The Morgan fingerprint density at radius 1 is 0.700 bits per heavy atom. The smallest absolute Gasteiger partial charge is 0.157 e. The van der Waals surface area contributed by atoms with Crippen molar-refractivity contribution in [3.63, 3.8) is 0 Å². The fourth-order valence-corrected chi connectivity index (χ4v) is 4.47. The lowest BCUT2D eigenvalue weighted by Crippen LogP contribution is -2.27. The number of rotatable bonds is 4. The maximum absolute atomic E-state index is 9.62. The van der Waals surface area contributed by atoms with Crippen molar-refractivity contribution in [2.24, 2.45) is 17.8 Å². The van der Waals surface area contributed by atoms with Gasteiger partial charge in [0.1, 0.15) is 0 Å². The van der Waals surface area contributed by atoms with Gasteiger partial charge in [-0.2, -0.15) is 0 Å². The highest BCUT2D eigenvalue weighted by Crippen LogP contribution is 2.41. The summed E-state index contributed by atoms with van der Waals surface area (Å²) in [6, 6.07) is 0. The van der Waals surface area contributed by atoms with Crippen LogP contribution >= 0.6 is 0 Å². The molecule has 0 bridgehead atoms. The average molecular weight is 282 g/mol. The molecule has 3 fully saturated rings. The fraction of sp³-hybridized carbons (Fsp3) is 1.00. The van der Waals surface area contributed by atoms with Crippen molar-refractivity contribution >= 4 is 0 Å². The number of aliphatic hydroxyl groups excluding tert-OH is 1. The first kappa shape index (κ1) is 14.8. The summed E-state index contributed by atoms with van der Waals surface area (Å²) < 4.78 is 11.0. The van der Waals surface area contributed by atoms with Crippen LogP contribution in [0.5, 0.6) is 0 Å². The van der Waals surface area contributed by atoms with E-state index in [1.165, 1.54) is 44.9 Å². The Hall–Kier alpha value is -0.120. The topological polar surface area (TPSA) is 38.7 Å². The first-order chi connectivity index (χ1) is 9.81. The average Bonchev–Trinajstić information content (AvgIpc) is 3.00. The molecule has 116 valence electrons. The summed E-state index contributed by atoms with van der Waals surface area (Å²) in [5.74, 6) is 2.74. The highest BCUT2D eigenvalue weighted by atomic mass is 16.7. The molecule has 1 heterocycles. The van der Waals surface area contributed by atoms with Crippen molar-refractivity contribution in [3.05, 3.63) is 0 Å². The van der Waals surface area contributed by atoms with Crippen LogP contribution in [-0.4, -0.2) is 30.7 Å². The molecule has 0 aromatic carbocycles. The lowest BCUT2D eigenvalue weighted by atomic mass is 9.70. The quantitative estimate of drug-likeness (QED) is 0.857. The first-order valence-electron chi connectivity index (χ1n) is 8.72. The predicted octanol–water partition coefficient (Wildman–Crippen LogP) is 3.50. The molecular weight excluding hydrogens is 252 g/mol. The minimum Gasteiger partial charge on any atom is -0.393 e. The summed E-state index contributed by atoms with van der Waals surface area (Å²) in [7, 11) is 0. The van der Waals surface area contributed by atoms with Crippen molar-refractivity contribution in [1.29, 1.82) is 0 Å². The molecule has 3 nitrogen and oxygen atoms in total. The second-order valence-electron chi connectivity index (χ2n) is 7.10. The highest BCUT2D eigenvalue weighted by molar-refractivity contribution is 4.82. The number of ether oxygens (including phenoxy) is 2. The van der Waals surface area contributed by atoms with Gasteiger partial charge in [-0.05, 0) is 69.1 Å². The van der Waals surface area contributed by atoms with E-state index in [4.69, 9.17) is 9.47 Å². The second-order valence-corrected chi connectivity index (χ2v) is 7.10. The Balaban J connectivity index is 1.34. The van der Waals surface area contributed by atoms with E-state index in [2.05, 4.69) is 0 Å². The van der Waals surface area contributed by atoms with E-state index >= 15 is 0 Å². The Morgan fingerprint density at radius 3 is 1.85 bits per heavy atom. The molecule has 0 spiro atoms. The van der Waals surface area contributed by atoms with Crippen LogP contribution in [0.15, 0.2) is 0 Å². The standard InChI is InChI=1S/C17H30O3/c18-16-8-6-15(7-9-16)14-4-1-13(2-5-14)3-10-17-19-11-12-20-17/h13-18H,1-12H2/t13?,14?,15-,16-. The molecule has 1 saturated heterocycles. The molecule has 0 aromatic rings. The van der Waals surface area contributed by atoms with Gasteiger partial charge in [0.05, 0.1) is 19.3 Å². The normalized spacial score (nSPS) is 40.0. The van der Waals surface area contributed by atoms with Crippen LogP contribution in [0.1, 0.15) is 64.2 Å². The van der Waals surface area contributed by atoms with Crippen LogP contribution in [0.25, 0.3) is 0 Å². The molecule has 1 N–H and O–H groups in total. The summed E-state index contributed by atoms with van der Waals surface area (Å²) in [4.78, 5) is 0. The maximum atomic E-state index is 9.62. The van der Waals surface area contributed by atoms with E-state index in [9.17, 15) is 5.11 Å². The number of hydrogen-bond donors (Lipinski definition) is 1. The van der Waals surface area contributed by atoms with Gasteiger partial charge in [0, 0.05) is 0 Å². The van der Waals surface area contributed by atoms with Gasteiger partial charge >= 0.3 is 0 Å². The Labute approximate surface area is 123 Å². The highest BCUT2D eigenvalue weighted by Gasteiger charge is 2.30. The summed E-state index contributed by atoms with van der Waals surface area (Å²) in [6.45, 7) is 1.57. The molecular formula is C17H30O3. The van der Waals surface area contributed by atoms with Gasteiger partial charge in [-0.3, -0.25) is 0 Å². The van der Waals surface area contributed by atoms with E-state index in [1.807, 2.05) is 0 Å². The zero-order valence-electron chi connectivity index (χ0n) is 12.6. The molecule has 2 aliphatic carbocycles. The first-order valence-corrected chi connectivity index (χ1v) is 8.72. The predicted molar refractivity (Wildman–Crippen MR) is 78.3 cm³/mol. The zero-order valence-corrected chi connectivity index (χ0v) is 12.6. The maximum Gasteiger partial charge on any atom is 0.157 e.